The van der Waals surface area contributed by atoms with E-state index in [1.165, 1.54) is 11.3 Å². The van der Waals surface area contributed by atoms with Crippen LogP contribution in [0, 0.1) is 0 Å². The number of piperidine rings is 1. The van der Waals surface area contributed by atoms with Crippen LogP contribution in [0.4, 0.5) is 10.5 Å². The van der Waals surface area contributed by atoms with Crippen LogP contribution in [-0.4, -0.2) is 42.3 Å². The van der Waals surface area contributed by atoms with E-state index in [-0.39, 0.29) is 6.09 Å². The molecule has 0 N–H and O–H groups in total. The van der Waals surface area contributed by atoms with Crippen molar-refractivity contribution in [3.63, 3.8) is 0 Å². The number of amides is 1. The van der Waals surface area contributed by atoms with Crippen LogP contribution in [0.1, 0.15) is 39.2 Å². The molecular weight excluding hydrogens is 356 g/mol. The Balaban J connectivity index is 1.61. The van der Waals surface area contributed by atoms with Crippen LogP contribution >= 0.6 is 15.9 Å². The molecule has 1 fully saturated rings. The molecule has 0 spiro atoms. The maximum atomic E-state index is 12.2. The van der Waals surface area contributed by atoms with Crippen molar-refractivity contribution in [2.45, 2.75) is 51.7 Å². The van der Waals surface area contributed by atoms with Crippen LogP contribution < -0.4 is 4.90 Å². The molecule has 4 nitrogen and oxygen atoms in total. The number of carbonyl (C=O) groups excluding carboxylic acids is 1. The summed E-state index contributed by atoms with van der Waals surface area (Å²) < 4.78 is 6.61. The topological polar surface area (TPSA) is 32.8 Å². The van der Waals surface area contributed by atoms with Crippen molar-refractivity contribution in [1.29, 1.82) is 0 Å². The van der Waals surface area contributed by atoms with Gasteiger partial charge in [-0.3, -0.25) is 0 Å². The molecule has 1 aromatic rings. The van der Waals surface area contributed by atoms with Crippen molar-refractivity contribution >= 4 is 27.7 Å². The molecule has 0 radical (unpaired) electrons. The van der Waals surface area contributed by atoms with Crippen molar-refractivity contribution in [3.8, 4) is 0 Å². The zero-order valence-electron chi connectivity index (χ0n) is 14.1. The van der Waals surface area contributed by atoms with Crippen molar-refractivity contribution in [2.24, 2.45) is 0 Å². The van der Waals surface area contributed by atoms with Crippen molar-refractivity contribution in [1.82, 2.24) is 4.90 Å². The number of fused-ring (bicyclic) bond motifs is 1. The summed E-state index contributed by atoms with van der Waals surface area (Å²) in [6, 6.07) is 7.08. The second-order valence-electron chi connectivity index (χ2n) is 7.41. The fourth-order valence-electron chi connectivity index (χ4n) is 3.44. The van der Waals surface area contributed by atoms with Gasteiger partial charge >= 0.3 is 6.09 Å². The number of rotatable bonds is 1. The minimum atomic E-state index is -0.423. The number of nitrogens with zero attached hydrogens (tertiary/aromatic N) is 2. The molecule has 2 aliphatic rings. The van der Waals surface area contributed by atoms with Crippen LogP contribution in [0.3, 0.4) is 0 Å². The van der Waals surface area contributed by atoms with E-state index < -0.39 is 5.60 Å². The first kappa shape index (κ1) is 16.6. The number of hydrogen-bond acceptors (Lipinski definition) is 3. The predicted molar refractivity (Wildman–Crippen MR) is 96.0 cm³/mol. The number of ether oxygens (including phenoxy) is 1. The molecule has 0 bridgehead atoms. The Morgan fingerprint density at radius 1 is 1.22 bits per heavy atom. The van der Waals surface area contributed by atoms with Gasteiger partial charge in [0.2, 0.25) is 0 Å². The third-order valence-corrected chi connectivity index (χ3v) is 5.03. The van der Waals surface area contributed by atoms with E-state index in [0.29, 0.717) is 6.04 Å². The Labute approximate surface area is 146 Å². The first-order chi connectivity index (χ1) is 10.8. The summed E-state index contributed by atoms with van der Waals surface area (Å²) in [4.78, 5) is 16.5. The molecule has 1 amide bonds. The molecule has 2 aliphatic heterocycles. The quantitative estimate of drug-likeness (QED) is 0.731. The Bertz CT molecular complexity index is 589. The Hall–Kier alpha value is -1.23. The molecule has 0 saturated carbocycles. The van der Waals surface area contributed by atoms with E-state index in [0.717, 1.165) is 43.4 Å². The van der Waals surface area contributed by atoms with Crippen LogP contribution in [0.25, 0.3) is 0 Å². The molecule has 5 heteroatoms. The lowest BCUT2D eigenvalue weighted by Crippen LogP contribution is -2.47. The summed E-state index contributed by atoms with van der Waals surface area (Å²) in [5, 5.41) is 0. The molecule has 3 rings (SSSR count). The number of halogens is 1. The highest BCUT2D eigenvalue weighted by Gasteiger charge is 2.32. The predicted octanol–water partition coefficient (Wildman–Crippen LogP) is 4.21. The molecule has 2 heterocycles. The molecule has 0 atom stereocenters. The maximum Gasteiger partial charge on any atom is 0.410 e. The smallest absolute Gasteiger partial charge is 0.410 e. The average molecular weight is 381 g/mol. The summed E-state index contributed by atoms with van der Waals surface area (Å²) >= 11 is 3.58. The summed E-state index contributed by atoms with van der Waals surface area (Å²) in [5.74, 6) is 0. The minimum Gasteiger partial charge on any atom is -0.444 e. The number of carbonyl (C=O) groups is 1. The number of benzene rings is 1. The van der Waals surface area contributed by atoms with Crippen molar-refractivity contribution in [3.05, 3.63) is 28.2 Å². The number of likely N-dealkylation sites (tertiary alicyclic amines) is 1. The molecule has 1 saturated heterocycles. The first-order valence-corrected chi connectivity index (χ1v) is 9.16. The largest absolute Gasteiger partial charge is 0.444 e. The number of hydrogen-bond donors (Lipinski definition) is 0. The third-order valence-electron chi connectivity index (χ3n) is 4.54. The van der Waals surface area contributed by atoms with Crippen molar-refractivity contribution in [2.75, 3.05) is 24.5 Å². The summed E-state index contributed by atoms with van der Waals surface area (Å²) in [7, 11) is 0. The molecule has 126 valence electrons. The fourth-order valence-corrected chi connectivity index (χ4v) is 3.79. The van der Waals surface area contributed by atoms with Crippen LogP contribution in [0.2, 0.25) is 0 Å². The highest BCUT2D eigenvalue weighted by Crippen LogP contribution is 2.34. The zero-order valence-corrected chi connectivity index (χ0v) is 15.7. The Morgan fingerprint density at radius 2 is 1.91 bits per heavy atom. The van der Waals surface area contributed by atoms with Gasteiger partial charge in [-0.15, -0.1) is 0 Å². The average Bonchev–Trinajstić information content (AvgIpc) is 2.88. The van der Waals surface area contributed by atoms with Gasteiger partial charge in [-0.05, 0) is 57.7 Å². The molecule has 1 aromatic carbocycles. The maximum absolute atomic E-state index is 12.2. The lowest BCUT2D eigenvalue weighted by Gasteiger charge is -2.38. The fraction of sp³-hybridized carbons (Fsp3) is 0.611. The molecule has 23 heavy (non-hydrogen) atoms. The van der Waals surface area contributed by atoms with E-state index in [4.69, 9.17) is 4.74 Å². The zero-order chi connectivity index (χ0) is 16.6. The standard InChI is InChI=1S/C18H25BrN2O2/c1-18(2,3)23-17(22)20-9-7-15(8-10-20)21-11-6-13-4-5-14(19)12-16(13)21/h4-5,12,15H,6-11H2,1-3H3. The van der Waals surface area contributed by atoms with E-state index in [2.05, 4.69) is 39.0 Å². The van der Waals surface area contributed by atoms with Crippen LogP contribution in [0.5, 0.6) is 0 Å². The van der Waals surface area contributed by atoms with Gasteiger partial charge in [0.1, 0.15) is 5.60 Å². The van der Waals surface area contributed by atoms with E-state index in [1.807, 2.05) is 25.7 Å². The molecule has 0 aliphatic carbocycles. The Kier molecular flexibility index (Phi) is 4.59. The lowest BCUT2D eigenvalue weighted by molar-refractivity contribution is 0.0205. The van der Waals surface area contributed by atoms with Gasteiger partial charge in [0, 0.05) is 35.8 Å². The molecule has 0 unspecified atom stereocenters. The second kappa shape index (κ2) is 6.34. The van der Waals surface area contributed by atoms with E-state index in [1.54, 1.807) is 0 Å². The lowest BCUT2D eigenvalue weighted by atomic mass is 10.0. The van der Waals surface area contributed by atoms with Gasteiger partial charge in [-0.25, -0.2) is 4.79 Å². The van der Waals surface area contributed by atoms with Gasteiger partial charge in [0.25, 0.3) is 0 Å². The van der Waals surface area contributed by atoms with Crippen LogP contribution in [-0.2, 0) is 11.2 Å². The minimum absolute atomic E-state index is 0.180. The normalized spacial score (nSPS) is 19.0. The molecular formula is C18H25BrN2O2. The van der Waals surface area contributed by atoms with Gasteiger partial charge in [0.05, 0.1) is 0 Å². The number of anilines is 1. The van der Waals surface area contributed by atoms with E-state index >= 15 is 0 Å². The summed E-state index contributed by atoms with van der Waals surface area (Å²) in [6.07, 6.45) is 2.95. The van der Waals surface area contributed by atoms with Gasteiger partial charge in [0.15, 0.2) is 0 Å². The van der Waals surface area contributed by atoms with Gasteiger partial charge in [-0.2, -0.15) is 0 Å². The first-order valence-electron chi connectivity index (χ1n) is 8.36. The Morgan fingerprint density at radius 3 is 2.57 bits per heavy atom. The summed E-state index contributed by atoms with van der Waals surface area (Å²) in [6.45, 7) is 8.38. The van der Waals surface area contributed by atoms with Crippen molar-refractivity contribution < 1.29 is 9.53 Å². The van der Waals surface area contributed by atoms with Crippen LogP contribution in [0.15, 0.2) is 22.7 Å². The summed E-state index contributed by atoms with van der Waals surface area (Å²) in [5.41, 5.74) is 2.37. The SMILES string of the molecule is CC(C)(C)OC(=O)N1CCC(N2CCc3ccc(Br)cc32)CC1. The highest BCUT2D eigenvalue weighted by molar-refractivity contribution is 9.10. The second-order valence-corrected chi connectivity index (χ2v) is 8.33. The van der Waals surface area contributed by atoms with E-state index in [9.17, 15) is 4.79 Å². The van der Waals surface area contributed by atoms with Gasteiger partial charge < -0.3 is 14.5 Å². The monoisotopic (exact) mass is 380 g/mol. The van der Waals surface area contributed by atoms with Gasteiger partial charge in [-0.1, -0.05) is 22.0 Å². The third kappa shape index (κ3) is 3.82. The highest BCUT2D eigenvalue weighted by atomic mass is 79.9. The molecule has 0 aromatic heterocycles.